The van der Waals surface area contributed by atoms with Gasteiger partial charge in [-0.3, -0.25) is 0 Å². The van der Waals surface area contributed by atoms with Crippen molar-refractivity contribution in [1.82, 2.24) is 19.6 Å². The van der Waals surface area contributed by atoms with E-state index in [1.165, 1.54) is 10.9 Å². The smallest absolute Gasteiger partial charge is 0.160 e. The van der Waals surface area contributed by atoms with Crippen LogP contribution in [0.15, 0.2) is 255 Å². The van der Waals surface area contributed by atoms with E-state index in [4.69, 9.17) is 15.1 Å². The second-order valence-corrected chi connectivity index (χ2v) is 16.8. The standard InChI is InChI=1S/C63H42N4/c1-6-20-43(21-7-1)50-30-18-32-52(40-50)57-42-56(45-22-8-2-9-23-45)64-63(65-57)49-38-36-44(37-39-49)51-31-19-33-53(41-51)58-54-34-16-17-35-55(54)62-59(46-24-10-3-11-25-46)60(47-26-12-4-13-27-47)66-67(62)61(58)48-28-14-5-15-29-48/h1-42H. The second kappa shape index (κ2) is 17.2. The Hall–Kier alpha value is -8.99. The van der Waals surface area contributed by atoms with Gasteiger partial charge in [-0.15, -0.1) is 0 Å². The van der Waals surface area contributed by atoms with Crippen LogP contribution in [0.1, 0.15) is 0 Å². The van der Waals surface area contributed by atoms with Gasteiger partial charge in [-0.25, -0.2) is 14.5 Å². The summed E-state index contributed by atoms with van der Waals surface area (Å²) in [5.41, 5.74) is 19.0. The summed E-state index contributed by atoms with van der Waals surface area (Å²) in [6, 6.07) is 89.8. The first-order valence-corrected chi connectivity index (χ1v) is 22.7. The van der Waals surface area contributed by atoms with E-state index in [1.54, 1.807) is 0 Å². The number of benzene rings is 9. The largest absolute Gasteiger partial charge is 0.231 e. The van der Waals surface area contributed by atoms with Crippen molar-refractivity contribution in [3.8, 4) is 101 Å². The lowest BCUT2D eigenvalue weighted by Crippen LogP contribution is -2.00. The summed E-state index contributed by atoms with van der Waals surface area (Å²) in [5.74, 6) is 0.679. The maximum absolute atomic E-state index is 5.56. The minimum Gasteiger partial charge on any atom is -0.231 e. The molecule has 4 nitrogen and oxygen atoms in total. The molecular weight excluding hydrogens is 813 g/mol. The van der Waals surface area contributed by atoms with Gasteiger partial charge in [0.15, 0.2) is 5.82 Å². The Labute approximate surface area is 389 Å². The maximum Gasteiger partial charge on any atom is 0.160 e. The molecule has 0 N–H and O–H groups in total. The van der Waals surface area contributed by atoms with Crippen LogP contribution in [-0.4, -0.2) is 19.6 Å². The first kappa shape index (κ1) is 39.6. The van der Waals surface area contributed by atoms with E-state index < -0.39 is 0 Å². The molecule has 0 aliphatic heterocycles. The van der Waals surface area contributed by atoms with Gasteiger partial charge in [-0.05, 0) is 57.0 Å². The number of nitrogens with zero attached hydrogens (tertiary/aromatic N) is 4. The van der Waals surface area contributed by atoms with Crippen molar-refractivity contribution in [2.24, 2.45) is 0 Å². The zero-order valence-corrected chi connectivity index (χ0v) is 36.5. The van der Waals surface area contributed by atoms with Crippen molar-refractivity contribution in [3.05, 3.63) is 255 Å². The quantitative estimate of drug-likeness (QED) is 0.145. The molecule has 0 radical (unpaired) electrons. The first-order valence-electron chi connectivity index (χ1n) is 22.7. The van der Waals surface area contributed by atoms with Crippen molar-refractivity contribution < 1.29 is 0 Å². The van der Waals surface area contributed by atoms with Crippen LogP contribution in [0.5, 0.6) is 0 Å². The number of hydrogen-bond acceptors (Lipinski definition) is 3. The van der Waals surface area contributed by atoms with Crippen LogP contribution >= 0.6 is 0 Å². The molecule has 0 bridgehead atoms. The molecule has 314 valence electrons. The third kappa shape index (κ3) is 7.47. The Morgan fingerprint density at radius 1 is 0.269 bits per heavy atom. The molecule has 0 atom stereocenters. The highest BCUT2D eigenvalue weighted by Crippen LogP contribution is 2.46. The molecule has 0 aliphatic rings. The third-order valence-corrected chi connectivity index (χ3v) is 12.6. The monoisotopic (exact) mass is 854 g/mol. The van der Waals surface area contributed by atoms with Crippen molar-refractivity contribution in [2.45, 2.75) is 0 Å². The lowest BCUT2D eigenvalue weighted by atomic mass is 9.90. The van der Waals surface area contributed by atoms with Crippen LogP contribution in [0, 0.1) is 0 Å². The zero-order chi connectivity index (χ0) is 44.5. The average Bonchev–Trinajstić information content (AvgIpc) is 3.83. The lowest BCUT2D eigenvalue weighted by Gasteiger charge is -2.18. The lowest BCUT2D eigenvalue weighted by molar-refractivity contribution is 0.981. The predicted molar refractivity (Wildman–Crippen MR) is 277 cm³/mol. The first-order chi connectivity index (χ1) is 33.2. The Morgan fingerprint density at radius 2 is 0.701 bits per heavy atom. The van der Waals surface area contributed by atoms with Gasteiger partial charge < -0.3 is 0 Å². The fourth-order valence-corrected chi connectivity index (χ4v) is 9.44. The van der Waals surface area contributed by atoms with E-state index in [-0.39, 0.29) is 0 Å². The Kier molecular flexibility index (Phi) is 10.2. The van der Waals surface area contributed by atoms with E-state index in [0.29, 0.717) is 5.82 Å². The third-order valence-electron chi connectivity index (χ3n) is 12.6. The van der Waals surface area contributed by atoms with Crippen LogP contribution in [0.4, 0.5) is 0 Å². The molecule has 0 fully saturated rings. The molecule has 9 aromatic carbocycles. The zero-order valence-electron chi connectivity index (χ0n) is 36.5. The molecule has 12 rings (SSSR count). The van der Waals surface area contributed by atoms with Gasteiger partial charge in [0.1, 0.15) is 5.69 Å². The van der Waals surface area contributed by atoms with Gasteiger partial charge in [-0.1, -0.05) is 237 Å². The normalized spacial score (nSPS) is 11.3. The average molecular weight is 855 g/mol. The van der Waals surface area contributed by atoms with Gasteiger partial charge in [0.05, 0.1) is 22.6 Å². The van der Waals surface area contributed by atoms with E-state index in [9.17, 15) is 0 Å². The fourth-order valence-electron chi connectivity index (χ4n) is 9.44. The summed E-state index contributed by atoms with van der Waals surface area (Å²) in [7, 11) is 0. The Morgan fingerprint density at radius 3 is 1.33 bits per heavy atom. The molecule has 0 saturated heterocycles. The summed E-state index contributed by atoms with van der Waals surface area (Å²) in [6.07, 6.45) is 0. The molecular formula is C63H42N4. The molecule has 3 aromatic heterocycles. The van der Waals surface area contributed by atoms with E-state index >= 15 is 0 Å². The molecule has 0 saturated carbocycles. The van der Waals surface area contributed by atoms with Crippen LogP contribution in [0.3, 0.4) is 0 Å². The van der Waals surface area contributed by atoms with Crippen molar-refractivity contribution in [3.63, 3.8) is 0 Å². The molecule has 4 heteroatoms. The highest BCUT2D eigenvalue weighted by molar-refractivity contribution is 6.15. The van der Waals surface area contributed by atoms with Gasteiger partial charge in [0.25, 0.3) is 0 Å². The second-order valence-electron chi connectivity index (χ2n) is 16.8. The topological polar surface area (TPSA) is 43.1 Å². The predicted octanol–water partition coefficient (Wildman–Crippen LogP) is 16.3. The number of rotatable bonds is 9. The molecule has 0 amide bonds. The number of pyridine rings is 1. The summed E-state index contributed by atoms with van der Waals surface area (Å²) in [5, 5.41) is 7.87. The van der Waals surface area contributed by atoms with Crippen LogP contribution in [0.2, 0.25) is 0 Å². The van der Waals surface area contributed by atoms with Gasteiger partial charge in [0.2, 0.25) is 0 Å². The van der Waals surface area contributed by atoms with Crippen LogP contribution in [-0.2, 0) is 0 Å². The summed E-state index contributed by atoms with van der Waals surface area (Å²) >= 11 is 0. The summed E-state index contributed by atoms with van der Waals surface area (Å²) in [4.78, 5) is 10.4. The molecule has 0 spiro atoms. The molecule has 3 heterocycles. The highest BCUT2D eigenvalue weighted by Gasteiger charge is 2.25. The van der Waals surface area contributed by atoms with Gasteiger partial charge >= 0.3 is 0 Å². The summed E-state index contributed by atoms with van der Waals surface area (Å²) in [6.45, 7) is 0. The van der Waals surface area contributed by atoms with Crippen molar-refractivity contribution >= 4 is 16.3 Å². The Balaban J connectivity index is 0.996. The minimum absolute atomic E-state index is 0.679. The van der Waals surface area contributed by atoms with E-state index in [1.807, 2.05) is 12.1 Å². The number of hydrogen-bond donors (Lipinski definition) is 0. The fraction of sp³-hybridized carbons (Fsp3) is 0. The van der Waals surface area contributed by atoms with Gasteiger partial charge in [-0.2, -0.15) is 5.10 Å². The number of aromatic nitrogens is 4. The molecule has 0 aliphatic carbocycles. The Bertz CT molecular complexity index is 3700. The van der Waals surface area contributed by atoms with E-state index in [0.717, 1.165) is 100 Å². The maximum atomic E-state index is 5.56. The highest BCUT2D eigenvalue weighted by atomic mass is 15.2. The van der Waals surface area contributed by atoms with Gasteiger partial charge in [0, 0.05) is 44.3 Å². The molecule has 67 heavy (non-hydrogen) atoms. The van der Waals surface area contributed by atoms with E-state index in [2.05, 4.69) is 247 Å². The number of fused-ring (bicyclic) bond motifs is 3. The SMILES string of the molecule is c1ccc(-c2cccc(-c3cc(-c4ccccc4)nc(-c4ccc(-c5cccc(-c6c(-c7ccccc7)n7nc(-c8ccccc8)c(-c8ccccc8)c7c7ccccc67)c5)cc4)n3)c2)cc1. The van der Waals surface area contributed by atoms with Crippen LogP contribution < -0.4 is 0 Å². The summed E-state index contributed by atoms with van der Waals surface area (Å²) < 4.78 is 2.20. The minimum atomic E-state index is 0.679. The van der Waals surface area contributed by atoms with Crippen LogP contribution in [0.25, 0.3) is 117 Å². The molecule has 12 aromatic rings. The van der Waals surface area contributed by atoms with Crippen molar-refractivity contribution in [1.29, 1.82) is 0 Å². The molecule has 0 unspecified atom stereocenters. The van der Waals surface area contributed by atoms with Crippen molar-refractivity contribution in [2.75, 3.05) is 0 Å².